The highest BCUT2D eigenvalue weighted by Crippen LogP contribution is 2.51. The first-order valence-corrected chi connectivity index (χ1v) is 7.17. The second-order valence-electron chi connectivity index (χ2n) is 4.40. The molecule has 0 bridgehead atoms. The number of nitrogens with zero attached hydrogens (tertiary/aromatic N) is 1. The summed E-state index contributed by atoms with van der Waals surface area (Å²) in [6.45, 7) is 2.87. The molecule has 4 heteroatoms. The van der Waals surface area contributed by atoms with E-state index in [1.54, 1.807) is 11.3 Å². The van der Waals surface area contributed by atoms with E-state index in [0.717, 1.165) is 11.6 Å². The number of aryl methyl sites for hydroxylation is 1. The minimum absolute atomic E-state index is 0.275. The Hall–Kier alpha value is -0.710. The van der Waals surface area contributed by atoms with Gasteiger partial charge in [-0.1, -0.05) is 6.07 Å². The number of aromatic nitrogens is 1. The molecule has 0 unspecified atom stereocenters. The summed E-state index contributed by atoms with van der Waals surface area (Å²) in [6.07, 6.45) is 2.47. The monoisotopic (exact) mass is 250 g/mol. The molecule has 0 spiro atoms. The van der Waals surface area contributed by atoms with Crippen LogP contribution >= 0.6 is 22.7 Å². The highest BCUT2D eigenvalue weighted by molar-refractivity contribution is 7.21. The normalized spacial score (nSPS) is 17.6. The predicted molar refractivity (Wildman–Crippen MR) is 70.1 cm³/mol. The summed E-state index contributed by atoms with van der Waals surface area (Å²) < 4.78 is 0. The third-order valence-electron chi connectivity index (χ3n) is 3.25. The maximum absolute atomic E-state index is 5.88. The Bertz CT molecular complexity index is 495. The summed E-state index contributed by atoms with van der Waals surface area (Å²) in [6, 6.07) is 4.21. The van der Waals surface area contributed by atoms with Gasteiger partial charge in [0, 0.05) is 16.8 Å². The van der Waals surface area contributed by atoms with Gasteiger partial charge in [-0.2, -0.15) is 0 Å². The Morgan fingerprint density at radius 1 is 1.50 bits per heavy atom. The van der Waals surface area contributed by atoms with Crippen molar-refractivity contribution in [3.8, 4) is 9.88 Å². The first-order valence-electron chi connectivity index (χ1n) is 5.47. The summed E-state index contributed by atoms with van der Waals surface area (Å²) in [5, 5.41) is 3.25. The van der Waals surface area contributed by atoms with Crippen LogP contribution in [0.2, 0.25) is 0 Å². The molecule has 1 saturated carbocycles. The van der Waals surface area contributed by atoms with Gasteiger partial charge in [-0.05, 0) is 31.2 Å². The zero-order valence-corrected chi connectivity index (χ0v) is 10.8. The largest absolute Gasteiger partial charge is 0.330 e. The van der Waals surface area contributed by atoms with E-state index in [1.165, 1.54) is 28.3 Å². The van der Waals surface area contributed by atoms with Crippen LogP contribution < -0.4 is 5.73 Å². The van der Waals surface area contributed by atoms with Crippen LogP contribution in [0.4, 0.5) is 0 Å². The molecule has 3 rings (SSSR count). The van der Waals surface area contributed by atoms with Crippen LogP contribution in [0.25, 0.3) is 9.88 Å². The zero-order valence-electron chi connectivity index (χ0n) is 9.19. The summed E-state index contributed by atoms with van der Waals surface area (Å²) >= 11 is 3.58. The van der Waals surface area contributed by atoms with Crippen molar-refractivity contribution < 1.29 is 0 Å². The Morgan fingerprint density at radius 2 is 2.31 bits per heavy atom. The van der Waals surface area contributed by atoms with Crippen molar-refractivity contribution >= 4 is 22.7 Å². The van der Waals surface area contributed by atoms with Crippen molar-refractivity contribution in [2.45, 2.75) is 25.2 Å². The molecule has 0 aliphatic heterocycles. The molecule has 2 nitrogen and oxygen atoms in total. The molecule has 1 aliphatic rings. The number of thiazole rings is 1. The lowest BCUT2D eigenvalue weighted by atomic mass is 10.0. The molecular weight excluding hydrogens is 236 g/mol. The van der Waals surface area contributed by atoms with Crippen LogP contribution in [0.3, 0.4) is 0 Å². The van der Waals surface area contributed by atoms with Gasteiger partial charge in [0.1, 0.15) is 5.01 Å². The molecule has 0 saturated heterocycles. The molecule has 2 heterocycles. The summed E-state index contributed by atoms with van der Waals surface area (Å²) in [7, 11) is 0. The topological polar surface area (TPSA) is 38.9 Å². The summed E-state index contributed by atoms with van der Waals surface area (Å²) in [4.78, 5) is 7.37. The van der Waals surface area contributed by atoms with Gasteiger partial charge in [-0.3, -0.25) is 0 Å². The fourth-order valence-electron chi connectivity index (χ4n) is 2.07. The molecule has 1 aliphatic carbocycles. The number of nitrogens with two attached hydrogens (primary N) is 1. The molecule has 84 valence electrons. The van der Waals surface area contributed by atoms with E-state index in [2.05, 4.69) is 29.4 Å². The smallest absolute Gasteiger partial charge is 0.133 e. The van der Waals surface area contributed by atoms with Gasteiger partial charge in [-0.15, -0.1) is 22.7 Å². The van der Waals surface area contributed by atoms with Crippen molar-refractivity contribution in [2.24, 2.45) is 5.73 Å². The lowest BCUT2D eigenvalue weighted by molar-refractivity contribution is 0.712. The lowest BCUT2D eigenvalue weighted by Crippen LogP contribution is -2.19. The minimum atomic E-state index is 0.275. The fraction of sp³-hybridized carbons (Fsp3) is 0.417. The van der Waals surface area contributed by atoms with E-state index in [0.29, 0.717) is 0 Å². The Kier molecular flexibility index (Phi) is 2.38. The van der Waals surface area contributed by atoms with Crippen LogP contribution in [0, 0.1) is 6.92 Å². The molecule has 16 heavy (non-hydrogen) atoms. The molecular formula is C12H14N2S2. The van der Waals surface area contributed by atoms with E-state index in [9.17, 15) is 0 Å². The molecule has 0 aromatic carbocycles. The predicted octanol–water partition coefficient (Wildman–Crippen LogP) is 3.17. The van der Waals surface area contributed by atoms with Gasteiger partial charge in [0.15, 0.2) is 0 Å². The molecule has 2 aromatic rings. The average molecular weight is 250 g/mol. The SMILES string of the molecule is Cc1nc(-c2cccs2)sc1C1(CN)CC1. The number of hydrogen-bond acceptors (Lipinski definition) is 4. The standard InChI is InChI=1S/C12H14N2S2/c1-8-10(12(7-13)4-5-12)16-11(14-8)9-3-2-6-15-9/h2-3,6H,4-5,7,13H2,1H3. The molecule has 2 aromatic heterocycles. The Morgan fingerprint density at radius 3 is 2.88 bits per heavy atom. The molecule has 0 atom stereocenters. The molecule has 1 fully saturated rings. The van der Waals surface area contributed by atoms with Crippen molar-refractivity contribution in [2.75, 3.05) is 6.54 Å². The summed E-state index contributed by atoms with van der Waals surface area (Å²) in [5.74, 6) is 0. The highest BCUT2D eigenvalue weighted by Gasteiger charge is 2.45. The van der Waals surface area contributed by atoms with Crippen LogP contribution in [-0.4, -0.2) is 11.5 Å². The van der Waals surface area contributed by atoms with Gasteiger partial charge in [-0.25, -0.2) is 4.98 Å². The van der Waals surface area contributed by atoms with Crippen LogP contribution in [0.1, 0.15) is 23.4 Å². The van der Waals surface area contributed by atoms with E-state index < -0.39 is 0 Å². The number of hydrogen-bond donors (Lipinski definition) is 1. The van der Waals surface area contributed by atoms with E-state index in [1.807, 2.05) is 11.3 Å². The van der Waals surface area contributed by atoms with Gasteiger partial charge in [0.05, 0.1) is 10.6 Å². The van der Waals surface area contributed by atoms with Gasteiger partial charge in [0.2, 0.25) is 0 Å². The van der Waals surface area contributed by atoms with Crippen LogP contribution in [0.15, 0.2) is 17.5 Å². The quantitative estimate of drug-likeness (QED) is 0.908. The number of rotatable bonds is 3. The van der Waals surface area contributed by atoms with Crippen LogP contribution in [-0.2, 0) is 5.41 Å². The second-order valence-corrected chi connectivity index (χ2v) is 6.34. The lowest BCUT2D eigenvalue weighted by Gasteiger charge is -2.09. The van der Waals surface area contributed by atoms with Crippen molar-refractivity contribution in [1.29, 1.82) is 0 Å². The van der Waals surface area contributed by atoms with E-state index >= 15 is 0 Å². The van der Waals surface area contributed by atoms with Gasteiger partial charge < -0.3 is 5.73 Å². The molecule has 2 N–H and O–H groups in total. The third kappa shape index (κ3) is 1.52. The van der Waals surface area contributed by atoms with E-state index in [4.69, 9.17) is 5.73 Å². The maximum atomic E-state index is 5.88. The van der Waals surface area contributed by atoms with E-state index in [-0.39, 0.29) is 5.41 Å². The highest BCUT2D eigenvalue weighted by atomic mass is 32.1. The van der Waals surface area contributed by atoms with Gasteiger partial charge in [0.25, 0.3) is 0 Å². The maximum Gasteiger partial charge on any atom is 0.133 e. The van der Waals surface area contributed by atoms with Gasteiger partial charge >= 0.3 is 0 Å². The zero-order chi connectivity index (χ0) is 11.2. The fourth-order valence-corrected chi connectivity index (χ4v) is 4.19. The molecule has 0 amide bonds. The minimum Gasteiger partial charge on any atom is -0.330 e. The van der Waals surface area contributed by atoms with Crippen molar-refractivity contribution in [3.63, 3.8) is 0 Å². The second kappa shape index (κ2) is 3.65. The number of thiophene rings is 1. The average Bonchev–Trinajstić information content (AvgIpc) is 2.74. The van der Waals surface area contributed by atoms with Crippen molar-refractivity contribution in [3.05, 3.63) is 28.1 Å². The molecule has 0 radical (unpaired) electrons. The Labute approximate surface area is 103 Å². The summed E-state index contributed by atoms with van der Waals surface area (Å²) in [5.41, 5.74) is 7.33. The third-order valence-corrected chi connectivity index (χ3v) is 5.70. The van der Waals surface area contributed by atoms with Crippen molar-refractivity contribution in [1.82, 2.24) is 4.98 Å². The Balaban J connectivity index is 2.03. The van der Waals surface area contributed by atoms with Crippen LogP contribution in [0.5, 0.6) is 0 Å². The first kappa shape index (κ1) is 10.4. The first-order chi connectivity index (χ1) is 7.75.